The maximum Gasteiger partial charge on any atom is 0.178 e. The molecule has 1 aliphatic rings. The van der Waals surface area contributed by atoms with Gasteiger partial charge in [-0.1, -0.05) is 39.3 Å². The normalized spacial score (nSPS) is 36.6. The van der Waals surface area contributed by atoms with Crippen LogP contribution < -0.4 is 0 Å². The topological polar surface area (TPSA) is 49.7 Å². The molecule has 2 N–H and O–H groups in total. The van der Waals surface area contributed by atoms with E-state index in [0.717, 1.165) is 38.1 Å². The Bertz CT molecular complexity index is 324. The minimum atomic E-state index is -1.94. The maximum atomic E-state index is 10.6. The fraction of sp³-hybridized carbons (Fsp3) is 1.00. The molecule has 3 nitrogen and oxygen atoms in total. The van der Waals surface area contributed by atoms with Crippen LogP contribution in [-0.2, 0) is 4.43 Å². The van der Waals surface area contributed by atoms with Crippen LogP contribution >= 0.6 is 0 Å². The van der Waals surface area contributed by atoms with Crippen molar-refractivity contribution >= 4 is 15.4 Å². The summed E-state index contributed by atoms with van der Waals surface area (Å²) in [5.74, 6) is 0. The quantitative estimate of drug-likeness (QED) is 0.738. The Kier molecular flexibility index (Phi) is 6.07. The molecule has 0 amide bonds. The van der Waals surface area contributed by atoms with E-state index in [1.165, 1.54) is 0 Å². The fourth-order valence-electron chi connectivity index (χ4n) is 3.53. The maximum absolute atomic E-state index is 10.6. The van der Waals surface area contributed by atoms with Crippen molar-refractivity contribution in [2.75, 3.05) is 0 Å². The second-order valence-electron chi connectivity index (χ2n) is 7.45. The fourth-order valence-corrected chi connectivity index (χ4v) is 15.3. The van der Waals surface area contributed by atoms with Crippen LogP contribution in [0.15, 0.2) is 0 Å². The van der Waals surface area contributed by atoms with Crippen molar-refractivity contribution in [2.45, 2.75) is 96.0 Å². The zero-order chi connectivity index (χ0) is 15.6. The summed E-state index contributed by atoms with van der Waals surface area (Å²) in [6.45, 7) is 13.1. The molecule has 1 rings (SSSR count). The number of hydrogen-bond donors (Lipinski definition) is 2. The zero-order valence-corrected chi connectivity index (χ0v) is 16.2. The highest BCUT2D eigenvalue weighted by atomic mass is 29.3. The van der Waals surface area contributed by atoms with Gasteiger partial charge in [-0.25, -0.2) is 0 Å². The zero-order valence-electron chi connectivity index (χ0n) is 14.2. The summed E-state index contributed by atoms with van der Waals surface area (Å²) in [5, 5.41) is 21.1. The van der Waals surface area contributed by atoms with Crippen LogP contribution in [0.4, 0.5) is 0 Å². The highest BCUT2D eigenvalue weighted by Crippen LogP contribution is 2.43. The third-order valence-corrected chi connectivity index (χ3v) is 22.7. The van der Waals surface area contributed by atoms with E-state index >= 15 is 0 Å². The molecule has 5 heteroatoms. The molecule has 1 fully saturated rings. The van der Waals surface area contributed by atoms with Gasteiger partial charge in [0, 0.05) is 5.73 Å². The van der Waals surface area contributed by atoms with Gasteiger partial charge in [-0.3, -0.25) is 0 Å². The van der Waals surface area contributed by atoms with E-state index in [1.54, 1.807) is 0 Å². The first kappa shape index (κ1) is 18.4. The summed E-state index contributed by atoms with van der Waals surface area (Å²) in [6, 6.07) is 1.09. The lowest BCUT2D eigenvalue weighted by molar-refractivity contribution is -0.0563. The molecule has 0 spiro atoms. The molecule has 1 aliphatic heterocycles. The molecule has 4 unspecified atom stereocenters. The van der Waals surface area contributed by atoms with Gasteiger partial charge in [-0.05, 0) is 39.3 Å². The first-order chi connectivity index (χ1) is 9.13. The first-order valence-electron chi connectivity index (χ1n) is 8.19. The van der Waals surface area contributed by atoms with E-state index in [-0.39, 0.29) is 11.8 Å². The van der Waals surface area contributed by atoms with Crippen LogP contribution in [0.5, 0.6) is 0 Å². The largest absolute Gasteiger partial charge is 0.412 e. The third-order valence-electron chi connectivity index (χ3n) is 5.57. The molecular weight excluding hydrogens is 284 g/mol. The Morgan fingerprint density at radius 1 is 1.10 bits per heavy atom. The summed E-state index contributed by atoms with van der Waals surface area (Å²) in [7, 11) is -3.73. The van der Waals surface area contributed by atoms with Gasteiger partial charge in [0.25, 0.3) is 0 Å². The summed E-state index contributed by atoms with van der Waals surface area (Å²) >= 11 is 0. The van der Waals surface area contributed by atoms with Crippen molar-refractivity contribution < 1.29 is 14.6 Å². The molecule has 0 aliphatic carbocycles. The summed E-state index contributed by atoms with van der Waals surface area (Å²) < 4.78 is 6.55. The van der Waals surface area contributed by atoms with Gasteiger partial charge in [0.05, 0.1) is 11.7 Å². The predicted octanol–water partition coefficient (Wildman–Crippen LogP) is 3.39. The SMILES string of the molecule is CCCC(O)C1(C)CC[Si](C)(C(O)CCC)[Si](C)(C)O1. The van der Waals surface area contributed by atoms with E-state index in [1.807, 2.05) is 0 Å². The molecule has 0 bridgehead atoms. The second-order valence-corrected chi connectivity index (χ2v) is 21.7. The predicted molar refractivity (Wildman–Crippen MR) is 89.8 cm³/mol. The molecule has 0 radical (unpaired) electrons. The monoisotopic (exact) mass is 318 g/mol. The molecule has 120 valence electrons. The smallest absolute Gasteiger partial charge is 0.178 e. The summed E-state index contributed by atoms with van der Waals surface area (Å²) in [6.07, 6.45) is 4.24. The van der Waals surface area contributed by atoms with E-state index in [2.05, 4.69) is 40.4 Å². The second kappa shape index (κ2) is 6.61. The lowest BCUT2D eigenvalue weighted by Crippen LogP contribution is -2.72. The molecule has 0 aromatic carbocycles. The Balaban J connectivity index is 2.91. The molecule has 0 aromatic rings. The van der Waals surface area contributed by atoms with Gasteiger partial charge in [0.15, 0.2) is 7.83 Å². The van der Waals surface area contributed by atoms with Gasteiger partial charge in [-0.15, -0.1) is 0 Å². The van der Waals surface area contributed by atoms with Gasteiger partial charge in [0.1, 0.15) is 7.59 Å². The Labute approximate surface area is 126 Å². The van der Waals surface area contributed by atoms with E-state index in [0.29, 0.717) is 0 Å². The molecule has 1 heterocycles. The van der Waals surface area contributed by atoms with Crippen LogP contribution in [-0.4, -0.2) is 43.1 Å². The number of rotatable bonds is 6. The lowest BCUT2D eigenvalue weighted by atomic mass is 9.93. The molecular formula is C15H34O3Si2. The van der Waals surface area contributed by atoms with Crippen LogP contribution in [0.1, 0.15) is 52.9 Å². The van der Waals surface area contributed by atoms with E-state index in [9.17, 15) is 10.2 Å². The van der Waals surface area contributed by atoms with Crippen LogP contribution in [0.3, 0.4) is 0 Å². The highest BCUT2D eigenvalue weighted by Gasteiger charge is 2.58. The van der Waals surface area contributed by atoms with E-state index in [4.69, 9.17) is 4.43 Å². The van der Waals surface area contributed by atoms with Gasteiger partial charge < -0.3 is 14.6 Å². The van der Waals surface area contributed by atoms with Crippen molar-refractivity contribution in [1.29, 1.82) is 0 Å². The van der Waals surface area contributed by atoms with Crippen molar-refractivity contribution in [3.05, 3.63) is 0 Å². The number of aliphatic hydroxyl groups excluding tert-OH is 2. The van der Waals surface area contributed by atoms with Gasteiger partial charge in [0.2, 0.25) is 0 Å². The van der Waals surface area contributed by atoms with Crippen LogP contribution in [0.2, 0.25) is 25.7 Å². The Morgan fingerprint density at radius 2 is 1.65 bits per heavy atom. The van der Waals surface area contributed by atoms with Crippen LogP contribution in [0.25, 0.3) is 0 Å². The van der Waals surface area contributed by atoms with Gasteiger partial charge >= 0.3 is 0 Å². The van der Waals surface area contributed by atoms with Crippen molar-refractivity contribution in [1.82, 2.24) is 0 Å². The standard InChI is InChI=1S/C15H34O3Si2/c1-7-9-13(16)15(3)11-12-20(6,14(17)10-8-2)19(4,5)18-15/h13-14,16-17H,7-12H2,1-6H3. The van der Waals surface area contributed by atoms with E-state index < -0.39 is 21.0 Å². The summed E-state index contributed by atoms with van der Waals surface area (Å²) in [4.78, 5) is 0. The Hall–Kier alpha value is 0.314. The third kappa shape index (κ3) is 3.38. The van der Waals surface area contributed by atoms with Crippen molar-refractivity contribution in [3.8, 4) is 0 Å². The molecule has 4 atom stereocenters. The summed E-state index contributed by atoms with van der Waals surface area (Å²) in [5.41, 5.74) is -0.550. The molecule has 0 saturated carbocycles. The van der Waals surface area contributed by atoms with Crippen LogP contribution in [0, 0.1) is 0 Å². The molecule has 20 heavy (non-hydrogen) atoms. The van der Waals surface area contributed by atoms with Gasteiger partial charge in [-0.2, -0.15) is 0 Å². The molecule has 0 aromatic heterocycles. The number of hydrogen-bond acceptors (Lipinski definition) is 3. The molecule has 1 saturated heterocycles. The minimum absolute atomic E-state index is 0.151. The first-order valence-corrected chi connectivity index (χ1v) is 14.9. The average Bonchev–Trinajstić information content (AvgIpc) is 2.34. The van der Waals surface area contributed by atoms with Crippen molar-refractivity contribution in [2.24, 2.45) is 0 Å². The Morgan fingerprint density at radius 3 is 2.10 bits per heavy atom. The minimum Gasteiger partial charge on any atom is -0.412 e. The number of aliphatic hydroxyl groups is 2. The van der Waals surface area contributed by atoms with Crippen molar-refractivity contribution in [3.63, 3.8) is 0 Å². The average molecular weight is 319 g/mol. The lowest BCUT2D eigenvalue weighted by Gasteiger charge is -2.55. The highest BCUT2D eigenvalue weighted by molar-refractivity contribution is 7.39.